The van der Waals surface area contributed by atoms with E-state index >= 15 is 0 Å². The molecule has 0 unspecified atom stereocenters. The van der Waals surface area contributed by atoms with Gasteiger partial charge in [-0.2, -0.15) is 0 Å². The van der Waals surface area contributed by atoms with Crippen molar-refractivity contribution in [1.29, 1.82) is 0 Å². The van der Waals surface area contributed by atoms with Gasteiger partial charge in [0, 0.05) is 16.1 Å². The average molecular weight is 375 g/mol. The minimum absolute atomic E-state index is 0.0271. The molecule has 0 fully saturated rings. The van der Waals surface area contributed by atoms with Crippen LogP contribution >= 0.6 is 15.9 Å². The number of aryl methyl sites for hydroxylation is 1. The van der Waals surface area contributed by atoms with Crippen molar-refractivity contribution in [3.05, 3.63) is 63.6 Å². The Morgan fingerprint density at radius 3 is 2.39 bits per heavy atom. The molecule has 0 aromatic heterocycles. The summed E-state index contributed by atoms with van der Waals surface area (Å²) >= 11 is 3.42. The second-order valence-corrected chi connectivity index (χ2v) is 6.45. The number of hydrogen-bond acceptors (Lipinski definition) is 2. The summed E-state index contributed by atoms with van der Waals surface area (Å²) in [5.41, 5.74) is 2.52. The van der Waals surface area contributed by atoms with E-state index in [-0.39, 0.29) is 17.9 Å². The molecule has 0 saturated carbocycles. The molecular formula is C18H19BrN2O2. The maximum atomic E-state index is 12.4. The van der Waals surface area contributed by atoms with E-state index in [2.05, 4.69) is 26.6 Å². The van der Waals surface area contributed by atoms with Crippen molar-refractivity contribution in [3.8, 4) is 0 Å². The molecule has 2 rings (SSSR count). The van der Waals surface area contributed by atoms with Crippen LogP contribution < -0.4 is 10.6 Å². The van der Waals surface area contributed by atoms with Gasteiger partial charge >= 0.3 is 0 Å². The molecule has 2 aromatic rings. The standard InChI is InChI=1S/C18H19BrN2O2/c1-11(2)20-18(23)14-6-4-5-7-16(14)21-17(22)13-9-8-12(3)15(19)10-13/h4-11H,1-3H3,(H,20,23)(H,21,22). The van der Waals surface area contributed by atoms with E-state index in [1.165, 1.54) is 0 Å². The van der Waals surface area contributed by atoms with E-state index in [1.807, 2.05) is 26.8 Å². The van der Waals surface area contributed by atoms with Crippen LogP contribution in [0.5, 0.6) is 0 Å². The number of carbonyl (C=O) groups excluding carboxylic acids is 2. The highest BCUT2D eigenvalue weighted by Crippen LogP contribution is 2.20. The fraction of sp³-hybridized carbons (Fsp3) is 0.222. The smallest absolute Gasteiger partial charge is 0.255 e. The Kier molecular flexibility index (Phi) is 5.55. The number of halogens is 1. The maximum absolute atomic E-state index is 12.4. The van der Waals surface area contributed by atoms with Crippen molar-refractivity contribution >= 4 is 33.4 Å². The van der Waals surface area contributed by atoms with Gasteiger partial charge in [0.1, 0.15) is 0 Å². The quantitative estimate of drug-likeness (QED) is 0.844. The van der Waals surface area contributed by atoms with Gasteiger partial charge in [0.15, 0.2) is 0 Å². The van der Waals surface area contributed by atoms with Crippen LogP contribution in [0.4, 0.5) is 5.69 Å². The van der Waals surface area contributed by atoms with E-state index in [4.69, 9.17) is 0 Å². The van der Waals surface area contributed by atoms with Gasteiger partial charge in [-0.05, 0) is 50.6 Å². The molecule has 0 radical (unpaired) electrons. The normalized spacial score (nSPS) is 10.5. The highest BCUT2D eigenvalue weighted by molar-refractivity contribution is 9.10. The largest absolute Gasteiger partial charge is 0.350 e. The molecule has 5 heteroatoms. The number of rotatable bonds is 4. The molecule has 2 aromatic carbocycles. The van der Waals surface area contributed by atoms with Gasteiger partial charge in [0.2, 0.25) is 0 Å². The van der Waals surface area contributed by atoms with Gasteiger partial charge in [0.25, 0.3) is 11.8 Å². The maximum Gasteiger partial charge on any atom is 0.255 e. The summed E-state index contributed by atoms with van der Waals surface area (Å²) in [6.45, 7) is 5.74. The van der Waals surface area contributed by atoms with Crippen molar-refractivity contribution in [2.75, 3.05) is 5.32 Å². The fourth-order valence-electron chi connectivity index (χ4n) is 2.06. The first-order chi connectivity index (χ1) is 10.9. The van der Waals surface area contributed by atoms with Crippen LogP contribution in [0.2, 0.25) is 0 Å². The Hall–Kier alpha value is -2.14. The summed E-state index contributed by atoms with van der Waals surface area (Å²) in [4.78, 5) is 24.6. The Bertz CT molecular complexity index is 742. The third-order valence-corrected chi connectivity index (χ3v) is 4.13. The molecule has 2 N–H and O–H groups in total. The van der Waals surface area contributed by atoms with E-state index in [9.17, 15) is 9.59 Å². The van der Waals surface area contributed by atoms with E-state index < -0.39 is 0 Å². The molecule has 0 saturated heterocycles. The van der Waals surface area contributed by atoms with Crippen LogP contribution in [0.3, 0.4) is 0 Å². The topological polar surface area (TPSA) is 58.2 Å². The van der Waals surface area contributed by atoms with Crippen LogP contribution in [0.1, 0.15) is 40.1 Å². The van der Waals surface area contributed by atoms with Gasteiger partial charge in [-0.15, -0.1) is 0 Å². The summed E-state index contributed by atoms with van der Waals surface area (Å²) in [7, 11) is 0. The number of anilines is 1. The third-order valence-electron chi connectivity index (χ3n) is 3.27. The summed E-state index contributed by atoms with van der Waals surface area (Å²) in [5.74, 6) is -0.462. The van der Waals surface area contributed by atoms with Crippen LogP contribution in [0.15, 0.2) is 46.9 Å². The number of nitrogens with one attached hydrogen (secondary N) is 2. The lowest BCUT2D eigenvalue weighted by Gasteiger charge is -2.13. The van der Waals surface area contributed by atoms with Crippen molar-refractivity contribution in [2.45, 2.75) is 26.8 Å². The highest BCUT2D eigenvalue weighted by atomic mass is 79.9. The number of carbonyl (C=O) groups is 2. The fourth-order valence-corrected chi connectivity index (χ4v) is 2.44. The lowest BCUT2D eigenvalue weighted by atomic mass is 10.1. The molecule has 0 aliphatic heterocycles. The third kappa shape index (κ3) is 4.42. The summed E-state index contributed by atoms with van der Waals surface area (Å²) < 4.78 is 0.871. The van der Waals surface area contributed by atoms with Gasteiger partial charge < -0.3 is 10.6 Å². The number of benzene rings is 2. The highest BCUT2D eigenvalue weighted by Gasteiger charge is 2.15. The van der Waals surface area contributed by atoms with E-state index in [0.717, 1.165) is 10.0 Å². The summed E-state index contributed by atoms with van der Waals surface area (Å²) in [5, 5.41) is 5.64. The zero-order chi connectivity index (χ0) is 17.0. The van der Waals surface area contributed by atoms with Gasteiger partial charge in [-0.3, -0.25) is 9.59 Å². The van der Waals surface area contributed by atoms with Crippen LogP contribution in [-0.4, -0.2) is 17.9 Å². The SMILES string of the molecule is Cc1ccc(C(=O)Nc2ccccc2C(=O)NC(C)C)cc1Br. The second kappa shape index (κ2) is 7.42. The number of para-hydroxylation sites is 1. The average Bonchev–Trinajstić information content (AvgIpc) is 2.49. The summed E-state index contributed by atoms with van der Waals surface area (Å²) in [6.07, 6.45) is 0. The Labute approximate surface area is 144 Å². The van der Waals surface area contributed by atoms with E-state index in [1.54, 1.807) is 36.4 Å². The van der Waals surface area contributed by atoms with Crippen LogP contribution in [0, 0.1) is 6.92 Å². The zero-order valence-electron chi connectivity index (χ0n) is 13.3. The van der Waals surface area contributed by atoms with Crippen LogP contribution in [-0.2, 0) is 0 Å². The Morgan fingerprint density at radius 1 is 1.04 bits per heavy atom. The summed E-state index contributed by atoms with van der Waals surface area (Å²) in [6, 6.07) is 12.4. The van der Waals surface area contributed by atoms with Crippen molar-refractivity contribution < 1.29 is 9.59 Å². The molecule has 0 aliphatic rings. The second-order valence-electron chi connectivity index (χ2n) is 5.59. The molecule has 0 bridgehead atoms. The molecule has 0 heterocycles. The molecule has 4 nitrogen and oxygen atoms in total. The van der Waals surface area contributed by atoms with Crippen molar-refractivity contribution in [3.63, 3.8) is 0 Å². The van der Waals surface area contributed by atoms with Crippen LogP contribution in [0.25, 0.3) is 0 Å². The molecule has 120 valence electrons. The van der Waals surface area contributed by atoms with Gasteiger partial charge in [0.05, 0.1) is 11.3 Å². The monoisotopic (exact) mass is 374 g/mol. The van der Waals surface area contributed by atoms with Crippen molar-refractivity contribution in [2.24, 2.45) is 0 Å². The van der Waals surface area contributed by atoms with Gasteiger partial charge in [-0.25, -0.2) is 0 Å². The van der Waals surface area contributed by atoms with E-state index in [0.29, 0.717) is 16.8 Å². The molecule has 2 amide bonds. The molecule has 0 atom stereocenters. The number of hydrogen-bond donors (Lipinski definition) is 2. The minimum Gasteiger partial charge on any atom is -0.350 e. The van der Waals surface area contributed by atoms with Crippen molar-refractivity contribution in [1.82, 2.24) is 5.32 Å². The van der Waals surface area contributed by atoms with Gasteiger partial charge in [-0.1, -0.05) is 34.1 Å². The molecule has 23 heavy (non-hydrogen) atoms. The first kappa shape index (κ1) is 17.2. The molecular weight excluding hydrogens is 356 g/mol. The predicted molar refractivity (Wildman–Crippen MR) is 95.9 cm³/mol. The minimum atomic E-state index is -0.254. The predicted octanol–water partition coefficient (Wildman–Crippen LogP) is 4.15. The molecule has 0 aliphatic carbocycles. The lowest BCUT2D eigenvalue weighted by molar-refractivity contribution is 0.0944. The first-order valence-electron chi connectivity index (χ1n) is 7.36. The number of amides is 2. The molecule has 0 spiro atoms. The zero-order valence-corrected chi connectivity index (χ0v) is 14.9. The Morgan fingerprint density at radius 2 is 1.74 bits per heavy atom. The first-order valence-corrected chi connectivity index (χ1v) is 8.15. The lowest BCUT2D eigenvalue weighted by Crippen LogP contribution is -2.31. The Balaban J connectivity index is 2.24.